The van der Waals surface area contributed by atoms with Crippen molar-refractivity contribution in [3.05, 3.63) is 54.5 Å². The molecule has 3 aromatic rings. The first-order valence-corrected chi connectivity index (χ1v) is 9.99. The van der Waals surface area contributed by atoms with Crippen molar-refractivity contribution in [3.63, 3.8) is 0 Å². The largest absolute Gasteiger partial charge is 0.427 e. The van der Waals surface area contributed by atoms with E-state index in [0.29, 0.717) is 12.2 Å². The van der Waals surface area contributed by atoms with Crippen molar-refractivity contribution >= 4 is 29.6 Å². The van der Waals surface area contributed by atoms with Gasteiger partial charge in [-0.25, -0.2) is 0 Å². The highest BCUT2D eigenvalue weighted by Crippen LogP contribution is 2.25. The smallest absolute Gasteiger partial charge is 0.331 e. The number of fused-ring (bicyclic) bond motifs is 1. The highest BCUT2D eigenvalue weighted by molar-refractivity contribution is 6.51. The van der Waals surface area contributed by atoms with Gasteiger partial charge in [0.15, 0.2) is 0 Å². The zero-order valence-corrected chi connectivity index (χ0v) is 18.1. The molecule has 7 heteroatoms. The molecule has 0 atom stereocenters. The fourth-order valence-corrected chi connectivity index (χ4v) is 2.74. The molecule has 1 amide bonds. The summed E-state index contributed by atoms with van der Waals surface area (Å²) in [6.07, 6.45) is 3.46. The van der Waals surface area contributed by atoms with Gasteiger partial charge in [-0.15, -0.1) is 0 Å². The first-order valence-electron chi connectivity index (χ1n) is 9.99. The first-order chi connectivity index (χ1) is 14.1. The monoisotopic (exact) mass is 406 g/mol. The summed E-state index contributed by atoms with van der Waals surface area (Å²) in [5.74, 6) is -0.190. The number of benzene rings is 1. The summed E-state index contributed by atoms with van der Waals surface area (Å²) in [5.41, 5.74) is 1.12. The van der Waals surface area contributed by atoms with E-state index in [-0.39, 0.29) is 7.33 Å². The lowest BCUT2D eigenvalue weighted by atomic mass is 9.80. The lowest BCUT2D eigenvalue weighted by molar-refractivity contribution is -0.0893. The van der Waals surface area contributed by atoms with Gasteiger partial charge < -0.3 is 15.1 Å². The Bertz CT molecular complexity index is 1050. The molecule has 157 valence electrons. The van der Waals surface area contributed by atoms with E-state index < -0.39 is 11.2 Å². The fraction of sp³-hybridized carbons (Fsp3) is 0.348. The van der Waals surface area contributed by atoms with Crippen LogP contribution >= 0.6 is 0 Å². The molecule has 3 rings (SSSR count). The van der Waals surface area contributed by atoms with Crippen molar-refractivity contribution in [2.75, 3.05) is 6.54 Å². The van der Waals surface area contributed by atoms with Gasteiger partial charge in [0, 0.05) is 25.9 Å². The van der Waals surface area contributed by atoms with Crippen LogP contribution in [0.15, 0.2) is 48.8 Å². The molecule has 2 aromatic heterocycles. The first kappa shape index (κ1) is 21.9. The van der Waals surface area contributed by atoms with Crippen LogP contribution in [0.3, 0.4) is 0 Å². The molecule has 6 nitrogen and oxygen atoms in total. The Labute approximate surface area is 179 Å². The van der Waals surface area contributed by atoms with Crippen molar-refractivity contribution < 1.29 is 16.0 Å². The predicted octanol–water partition coefficient (Wildman–Crippen LogP) is 3.10. The van der Waals surface area contributed by atoms with Gasteiger partial charge in [0.1, 0.15) is 5.69 Å². The molecule has 2 heterocycles. The Kier molecular flexibility index (Phi) is 6.24. The molecule has 0 spiro atoms. The number of hydrogen-bond acceptors (Lipinski definition) is 5. The summed E-state index contributed by atoms with van der Waals surface area (Å²) in [6, 6.07) is 11.4. The Balaban J connectivity index is 0.00000341. The lowest BCUT2D eigenvalue weighted by Gasteiger charge is -2.37. The molecule has 0 saturated carbocycles. The van der Waals surface area contributed by atoms with Crippen LogP contribution in [-0.2, 0) is 4.65 Å². The van der Waals surface area contributed by atoms with E-state index in [1.54, 1.807) is 39.8 Å². The number of carbonyl (C=O) groups is 1. The van der Waals surface area contributed by atoms with E-state index in [0.717, 1.165) is 27.5 Å². The van der Waals surface area contributed by atoms with Gasteiger partial charge >= 0.3 is 7.48 Å². The van der Waals surface area contributed by atoms with Crippen LogP contribution in [-0.4, -0.2) is 46.2 Å². The van der Waals surface area contributed by atoms with E-state index in [1.807, 2.05) is 51.1 Å². The fourth-order valence-electron chi connectivity index (χ4n) is 2.74. The highest BCUT2D eigenvalue weighted by Gasteiger charge is 2.35. The number of nitrogens with zero attached hydrogens (tertiary/aromatic N) is 2. The zero-order valence-electron chi connectivity index (χ0n) is 18.1. The average Bonchev–Trinajstić information content (AvgIpc) is 2.71. The molecule has 0 unspecified atom stereocenters. The molecule has 2 N–H and O–H groups in total. The lowest BCUT2D eigenvalue weighted by Crippen LogP contribution is -2.49. The van der Waals surface area contributed by atoms with Crippen molar-refractivity contribution in [3.8, 4) is 11.3 Å². The third kappa shape index (κ3) is 4.69. The van der Waals surface area contributed by atoms with Gasteiger partial charge in [0.25, 0.3) is 5.91 Å². The average molecular weight is 406 g/mol. The Morgan fingerprint density at radius 2 is 1.93 bits per heavy atom. The summed E-state index contributed by atoms with van der Waals surface area (Å²) < 4.78 is 5.91. The van der Waals surface area contributed by atoms with Gasteiger partial charge in [-0.05, 0) is 69.1 Å². The summed E-state index contributed by atoms with van der Waals surface area (Å²) in [4.78, 5) is 20.7. The van der Waals surface area contributed by atoms with Gasteiger partial charge in [-0.1, -0.05) is 18.2 Å². The predicted molar refractivity (Wildman–Crippen MR) is 122 cm³/mol. The highest BCUT2D eigenvalue weighted by atomic mass is 16.5. The minimum Gasteiger partial charge on any atom is -0.427 e. The molecule has 1 aromatic carbocycles. The summed E-state index contributed by atoms with van der Waals surface area (Å²) >= 11 is 0. The molecule has 0 aliphatic carbocycles. The Hall–Kier alpha value is -2.77. The molecule has 1 radical (unpaired) electrons. The second-order valence-corrected chi connectivity index (χ2v) is 8.23. The van der Waals surface area contributed by atoms with Crippen LogP contribution in [0.2, 0.25) is 0 Å². The molecule has 0 saturated heterocycles. The van der Waals surface area contributed by atoms with Crippen LogP contribution in [0.5, 0.6) is 0 Å². The standard InChI is InChI=1S/C23H27BN3O3.H2/c1-6-25-21(28)19-11-10-16(13-26-19)20-12-15-8-7-9-18(17(15)14-27-20)24-30-23(4,5)22(2,3)29;/h7-14,29H,6H2,1-5H3,(H,25,28);1H. The van der Waals surface area contributed by atoms with Crippen LogP contribution in [0.4, 0.5) is 0 Å². The van der Waals surface area contributed by atoms with Gasteiger partial charge in [0.2, 0.25) is 0 Å². The number of aliphatic hydroxyl groups is 1. The van der Waals surface area contributed by atoms with Gasteiger partial charge in [-0.3, -0.25) is 14.8 Å². The molecule has 0 aliphatic heterocycles. The third-order valence-electron chi connectivity index (χ3n) is 5.38. The molecule has 30 heavy (non-hydrogen) atoms. The van der Waals surface area contributed by atoms with E-state index in [2.05, 4.69) is 15.3 Å². The number of carbonyl (C=O) groups excluding carboxylic acids is 1. The van der Waals surface area contributed by atoms with Crippen molar-refractivity contribution in [2.45, 2.75) is 45.8 Å². The van der Waals surface area contributed by atoms with Crippen LogP contribution in [0, 0.1) is 0 Å². The van der Waals surface area contributed by atoms with E-state index >= 15 is 0 Å². The topological polar surface area (TPSA) is 84.3 Å². The second kappa shape index (κ2) is 8.54. The minimum absolute atomic E-state index is 0. The van der Waals surface area contributed by atoms with E-state index in [9.17, 15) is 9.90 Å². The normalized spacial score (nSPS) is 12.1. The number of nitrogens with one attached hydrogen (secondary N) is 1. The van der Waals surface area contributed by atoms with Crippen LogP contribution in [0.1, 0.15) is 46.5 Å². The van der Waals surface area contributed by atoms with Crippen molar-refractivity contribution in [1.82, 2.24) is 15.3 Å². The van der Waals surface area contributed by atoms with Crippen molar-refractivity contribution in [1.29, 1.82) is 0 Å². The maximum atomic E-state index is 11.9. The van der Waals surface area contributed by atoms with Crippen molar-refractivity contribution in [2.24, 2.45) is 0 Å². The Morgan fingerprint density at radius 1 is 1.17 bits per heavy atom. The zero-order chi connectivity index (χ0) is 21.9. The summed E-state index contributed by atoms with van der Waals surface area (Å²) in [7, 11) is 1.67. The second-order valence-electron chi connectivity index (χ2n) is 8.23. The number of amides is 1. The molecular weight excluding hydrogens is 377 g/mol. The maximum absolute atomic E-state index is 11.9. The quantitative estimate of drug-likeness (QED) is 0.589. The molecule has 0 bridgehead atoms. The Morgan fingerprint density at radius 3 is 2.57 bits per heavy atom. The number of rotatable bonds is 7. The molecule has 0 aliphatic rings. The minimum atomic E-state index is -0.993. The number of aromatic nitrogens is 2. The van der Waals surface area contributed by atoms with Crippen LogP contribution in [0.25, 0.3) is 22.0 Å². The third-order valence-corrected chi connectivity index (χ3v) is 5.38. The molecular formula is C23H29BN3O3. The summed E-state index contributed by atoms with van der Waals surface area (Å²) in [6.45, 7) is 9.58. The number of pyridine rings is 2. The van der Waals surface area contributed by atoms with Gasteiger partial charge in [-0.2, -0.15) is 0 Å². The van der Waals surface area contributed by atoms with Gasteiger partial charge in [0.05, 0.1) is 16.9 Å². The SMILES string of the molecule is CCNC(=O)c1ccc(-c2cc3cccc([B]OC(C)(C)C(C)(C)O)c3cn2)cn1.[HH]. The summed E-state index contributed by atoms with van der Waals surface area (Å²) in [5, 5.41) is 15.0. The van der Waals surface area contributed by atoms with Crippen LogP contribution < -0.4 is 10.8 Å². The number of hydrogen-bond donors (Lipinski definition) is 2. The molecule has 0 fully saturated rings. The maximum Gasteiger partial charge on any atom is 0.331 e. The van der Waals surface area contributed by atoms with E-state index in [1.165, 1.54) is 0 Å². The van der Waals surface area contributed by atoms with E-state index in [4.69, 9.17) is 4.65 Å².